The number of carbonyl (C=O) groups excluding carboxylic acids is 2. The van der Waals surface area contributed by atoms with E-state index in [4.69, 9.17) is 4.74 Å². The average molecular weight is 536 g/mol. The Hall–Kier alpha value is -2.89. The first-order chi connectivity index (χ1) is 18.9. The highest BCUT2D eigenvalue weighted by Crippen LogP contribution is 2.28. The first-order valence-corrected chi connectivity index (χ1v) is 14.7. The smallest absolute Gasteiger partial charge is 0.268 e. The molecule has 1 aromatic heterocycles. The number of nitrogens with zero attached hydrogens (tertiary/aromatic N) is 3. The SMILES string of the molecule is COCCN1CCC(Cn2c(C(=O)NC3CCCCC3C(=O)NC(C#N)CC(C)C)cc3ccccc32)CC1. The zero-order valence-corrected chi connectivity index (χ0v) is 23.8. The van der Waals surface area contributed by atoms with E-state index in [2.05, 4.69) is 38.3 Å². The van der Waals surface area contributed by atoms with Gasteiger partial charge in [0.1, 0.15) is 11.7 Å². The second kappa shape index (κ2) is 14.0. The topological polar surface area (TPSA) is 99.4 Å². The van der Waals surface area contributed by atoms with Crippen molar-refractivity contribution >= 4 is 22.7 Å². The molecule has 4 rings (SSSR count). The summed E-state index contributed by atoms with van der Waals surface area (Å²) >= 11 is 0. The summed E-state index contributed by atoms with van der Waals surface area (Å²) in [5.41, 5.74) is 1.74. The molecule has 0 bridgehead atoms. The van der Waals surface area contributed by atoms with Crippen molar-refractivity contribution in [3.63, 3.8) is 0 Å². The number of rotatable bonds is 11. The third-order valence-electron chi connectivity index (χ3n) is 8.40. The fourth-order valence-corrected chi connectivity index (χ4v) is 6.22. The van der Waals surface area contributed by atoms with E-state index in [0.717, 1.165) is 82.2 Å². The van der Waals surface area contributed by atoms with Crippen LogP contribution in [0.3, 0.4) is 0 Å². The molecule has 1 saturated carbocycles. The molecule has 8 nitrogen and oxygen atoms in total. The van der Waals surface area contributed by atoms with Gasteiger partial charge in [0.25, 0.3) is 5.91 Å². The Morgan fingerprint density at radius 1 is 1.13 bits per heavy atom. The van der Waals surface area contributed by atoms with Crippen molar-refractivity contribution in [2.45, 2.75) is 77.4 Å². The lowest BCUT2D eigenvalue weighted by Crippen LogP contribution is -2.50. The Morgan fingerprint density at radius 2 is 1.87 bits per heavy atom. The fraction of sp³-hybridized carbons (Fsp3) is 0.645. The van der Waals surface area contributed by atoms with Crippen molar-refractivity contribution in [1.82, 2.24) is 20.1 Å². The van der Waals surface area contributed by atoms with Gasteiger partial charge in [0.2, 0.25) is 5.91 Å². The molecule has 39 heavy (non-hydrogen) atoms. The molecule has 2 aliphatic rings. The van der Waals surface area contributed by atoms with Crippen LogP contribution in [0.4, 0.5) is 0 Å². The molecule has 2 N–H and O–H groups in total. The molecule has 2 heterocycles. The van der Waals surface area contributed by atoms with Crippen LogP contribution in [0.25, 0.3) is 10.9 Å². The maximum atomic E-state index is 13.8. The molecule has 1 aliphatic heterocycles. The molecule has 212 valence electrons. The Morgan fingerprint density at radius 3 is 2.59 bits per heavy atom. The highest BCUT2D eigenvalue weighted by atomic mass is 16.5. The fourth-order valence-electron chi connectivity index (χ4n) is 6.22. The molecular formula is C31H45N5O3. The van der Waals surface area contributed by atoms with Gasteiger partial charge in [-0.3, -0.25) is 9.59 Å². The highest BCUT2D eigenvalue weighted by molar-refractivity contribution is 5.99. The molecule has 1 aromatic carbocycles. The number of aromatic nitrogens is 1. The van der Waals surface area contributed by atoms with E-state index in [1.165, 1.54) is 0 Å². The van der Waals surface area contributed by atoms with E-state index in [1.54, 1.807) is 7.11 Å². The van der Waals surface area contributed by atoms with Gasteiger partial charge in [0, 0.05) is 37.1 Å². The van der Waals surface area contributed by atoms with E-state index < -0.39 is 6.04 Å². The number of piperidine rings is 1. The second-order valence-corrected chi connectivity index (χ2v) is 11.8. The minimum absolute atomic E-state index is 0.118. The van der Waals surface area contributed by atoms with E-state index in [-0.39, 0.29) is 23.8 Å². The normalized spacial score (nSPS) is 21.5. The van der Waals surface area contributed by atoms with E-state index in [1.807, 2.05) is 32.0 Å². The maximum absolute atomic E-state index is 13.8. The average Bonchev–Trinajstić information content (AvgIpc) is 3.30. The number of fused-ring (bicyclic) bond motifs is 1. The Labute approximate surface area is 233 Å². The Balaban J connectivity index is 1.47. The highest BCUT2D eigenvalue weighted by Gasteiger charge is 2.34. The van der Waals surface area contributed by atoms with Gasteiger partial charge in [0.15, 0.2) is 0 Å². The molecule has 2 aromatic rings. The molecule has 0 radical (unpaired) electrons. The summed E-state index contributed by atoms with van der Waals surface area (Å²) in [4.78, 5) is 29.4. The third-order valence-corrected chi connectivity index (χ3v) is 8.40. The predicted octanol–water partition coefficient (Wildman–Crippen LogP) is 4.34. The van der Waals surface area contributed by atoms with Crippen LogP contribution in [0.2, 0.25) is 0 Å². The lowest BCUT2D eigenvalue weighted by molar-refractivity contribution is -0.127. The monoisotopic (exact) mass is 535 g/mol. The zero-order chi connectivity index (χ0) is 27.8. The van der Waals surface area contributed by atoms with Crippen molar-refractivity contribution < 1.29 is 14.3 Å². The van der Waals surface area contributed by atoms with Gasteiger partial charge in [-0.15, -0.1) is 0 Å². The van der Waals surface area contributed by atoms with Crippen LogP contribution in [-0.4, -0.2) is 66.7 Å². The van der Waals surface area contributed by atoms with E-state index in [9.17, 15) is 14.9 Å². The molecule has 0 spiro atoms. The van der Waals surface area contributed by atoms with Gasteiger partial charge in [0.05, 0.1) is 18.6 Å². The molecular weight excluding hydrogens is 490 g/mol. The molecule has 2 fully saturated rings. The van der Waals surface area contributed by atoms with Crippen LogP contribution < -0.4 is 10.6 Å². The second-order valence-electron chi connectivity index (χ2n) is 11.8. The van der Waals surface area contributed by atoms with E-state index >= 15 is 0 Å². The number of ether oxygens (including phenoxy) is 1. The summed E-state index contributed by atoms with van der Waals surface area (Å²) in [6.07, 6.45) is 6.24. The van der Waals surface area contributed by atoms with Gasteiger partial charge < -0.3 is 24.8 Å². The lowest BCUT2D eigenvalue weighted by atomic mass is 9.83. The number of carbonyl (C=O) groups is 2. The van der Waals surface area contributed by atoms with Crippen LogP contribution in [0.5, 0.6) is 0 Å². The number of hydrogen-bond donors (Lipinski definition) is 2. The Bertz CT molecular complexity index is 1140. The molecule has 3 atom stereocenters. The van der Waals surface area contributed by atoms with Gasteiger partial charge in [-0.05, 0) is 69.2 Å². The van der Waals surface area contributed by atoms with Crippen molar-refractivity contribution in [2.24, 2.45) is 17.8 Å². The quantitative estimate of drug-likeness (QED) is 0.446. The van der Waals surface area contributed by atoms with Gasteiger partial charge in [-0.1, -0.05) is 44.9 Å². The number of nitriles is 1. The molecule has 1 aliphatic carbocycles. The zero-order valence-electron chi connectivity index (χ0n) is 23.8. The number of methoxy groups -OCH3 is 1. The molecule has 1 saturated heterocycles. The summed E-state index contributed by atoms with van der Waals surface area (Å²) in [5.74, 6) is 0.264. The summed E-state index contributed by atoms with van der Waals surface area (Å²) in [6, 6.07) is 11.7. The summed E-state index contributed by atoms with van der Waals surface area (Å²) in [5, 5.41) is 16.8. The molecule has 3 unspecified atom stereocenters. The standard InChI is InChI=1S/C31H45N5O3/c1-22(2)18-25(20-32)33-30(37)26-9-5-6-10-27(26)34-31(38)29-19-24-8-4-7-11-28(24)36(29)21-23-12-14-35(15-13-23)16-17-39-3/h4,7-8,11,19,22-23,25-27H,5-6,9-10,12-18,21H2,1-3H3,(H,33,37)(H,34,38). The van der Waals surface area contributed by atoms with Crippen molar-refractivity contribution in [3.05, 3.63) is 36.0 Å². The van der Waals surface area contributed by atoms with Crippen LogP contribution in [0.1, 0.15) is 69.3 Å². The number of amides is 2. The number of likely N-dealkylation sites (tertiary alicyclic amines) is 1. The van der Waals surface area contributed by atoms with Crippen molar-refractivity contribution in [3.8, 4) is 6.07 Å². The minimum atomic E-state index is -0.501. The number of benzene rings is 1. The first kappa shape index (κ1) is 29.1. The predicted molar refractivity (Wildman–Crippen MR) is 153 cm³/mol. The van der Waals surface area contributed by atoms with E-state index in [0.29, 0.717) is 24.0 Å². The van der Waals surface area contributed by atoms with Crippen molar-refractivity contribution in [2.75, 3.05) is 33.4 Å². The van der Waals surface area contributed by atoms with Crippen LogP contribution in [-0.2, 0) is 16.1 Å². The third kappa shape index (κ3) is 7.61. The number of para-hydroxylation sites is 1. The summed E-state index contributed by atoms with van der Waals surface area (Å²) < 4.78 is 7.43. The molecule has 8 heteroatoms. The van der Waals surface area contributed by atoms with Crippen molar-refractivity contribution in [1.29, 1.82) is 5.26 Å². The van der Waals surface area contributed by atoms with Crippen LogP contribution in [0, 0.1) is 29.1 Å². The van der Waals surface area contributed by atoms with Gasteiger partial charge in [-0.2, -0.15) is 5.26 Å². The Kier molecular flexibility index (Phi) is 10.4. The van der Waals surface area contributed by atoms with Gasteiger partial charge >= 0.3 is 0 Å². The van der Waals surface area contributed by atoms with Crippen LogP contribution >= 0.6 is 0 Å². The minimum Gasteiger partial charge on any atom is -0.383 e. The van der Waals surface area contributed by atoms with Gasteiger partial charge in [-0.25, -0.2) is 0 Å². The first-order valence-electron chi connectivity index (χ1n) is 14.7. The number of nitrogens with one attached hydrogen (secondary N) is 2. The summed E-state index contributed by atoms with van der Waals surface area (Å²) in [7, 11) is 1.74. The van der Waals surface area contributed by atoms with Crippen LogP contribution in [0.15, 0.2) is 30.3 Å². The number of hydrogen-bond acceptors (Lipinski definition) is 5. The lowest BCUT2D eigenvalue weighted by Gasteiger charge is -2.33. The largest absolute Gasteiger partial charge is 0.383 e. The maximum Gasteiger partial charge on any atom is 0.268 e. The molecule has 2 amide bonds. The summed E-state index contributed by atoms with van der Waals surface area (Å²) in [6.45, 7) is 8.72.